The quantitative estimate of drug-likeness (QED) is 0.720. The normalized spacial score (nSPS) is 41.9. The molecule has 0 aromatic heterocycles. The van der Waals surface area contributed by atoms with Gasteiger partial charge in [-0.3, -0.25) is 9.59 Å². The van der Waals surface area contributed by atoms with E-state index in [0.29, 0.717) is 11.8 Å². The summed E-state index contributed by atoms with van der Waals surface area (Å²) < 4.78 is 0. The number of fused-ring (bicyclic) bond motifs is 3. The Morgan fingerprint density at radius 1 is 1.20 bits per heavy atom. The fourth-order valence-corrected chi connectivity index (χ4v) is 6.45. The predicted octanol–water partition coefficient (Wildman–Crippen LogP) is 4.74. The zero-order valence-corrected chi connectivity index (χ0v) is 15.8. The van der Waals surface area contributed by atoms with E-state index in [4.69, 9.17) is 5.11 Å². The second kappa shape index (κ2) is 6.44. The lowest BCUT2D eigenvalue weighted by molar-refractivity contribution is -0.164. The van der Waals surface area contributed by atoms with Crippen molar-refractivity contribution in [2.75, 3.05) is 0 Å². The van der Waals surface area contributed by atoms with E-state index < -0.39 is 17.4 Å². The van der Waals surface area contributed by atoms with Crippen LogP contribution in [-0.2, 0) is 9.59 Å². The summed E-state index contributed by atoms with van der Waals surface area (Å²) in [4.78, 5) is 23.0. The number of allylic oxidation sites excluding steroid dienone is 2. The van der Waals surface area contributed by atoms with Gasteiger partial charge in [-0.15, -0.1) is 0 Å². The van der Waals surface area contributed by atoms with Gasteiger partial charge in [-0.05, 0) is 74.5 Å². The molecular formula is C21H32O4. The summed E-state index contributed by atoms with van der Waals surface area (Å²) in [7, 11) is 0. The van der Waals surface area contributed by atoms with Gasteiger partial charge in [-0.2, -0.15) is 0 Å². The number of carboxylic acid groups (broad SMARTS) is 2. The van der Waals surface area contributed by atoms with E-state index in [1.54, 1.807) is 0 Å². The number of carbonyl (C=O) groups is 2. The van der Waals surface area contributed by atoms with Crippen LogP contribution in [0.25, 0.3) is 0 Å². The number of hydrogen-bond donors (Lipinski definition) is 2. The molecule has 2 saturated carbocycles. The number of aliphatic carboxylic acids is 2. The Morgan fingerprint density at radius 2 is 1.92 bits per heavy atom. The van der Waals surface area contributed by atoms with Crippen molar-refractivity contribution < 1.29 is 19.8 Å². The van der Waals surface area contributed by atoms with Gasteiger partial charge in [0.05, 0.1) is 5.41 Å². The van der Waals surface area contributed by atoms with E-state index in [-0.39, 0.29) is 23.7 Å². The first-order chi connectivity index (χ1) is 11.7. The standard InChI is InChI=1S/C21H32O4/c1-13(11-18(22)23)14-5-7-16-15(12-14)6-8-17-20(16,2)9-4-10-21(17,3)19(24)25/h12-14,16-17H,4-11H2,1-3H3,(H,22,23)(H,24,25). The molecule has 0 saturated heterocycles. The lowest BCUT2D eigenvalue weighted by Crippen LogP contribution is -2.54. The van der Waals surface area contributed by atoms with Gasteiger partial charge in [0.15, 0.2) is 0 Å². The van der Waals surface area contributed by atoms with Crippen LogP contribution in [0.1, 0.15) is 72.1 Å². The van der Waals surface area contributed by atoms with Crippen LogP contribution in [0.5, 0.6) is 0 Å². The average Bonchev–Trinajstić information content (AvgIpc) is 2.53. The van der Waals surface area contributed by atoms with Gasteiger partial charge >= 0.3 is 11.9 Å². The van der Waals surface area contributed by atoms with Crippen LogP contribution in [0, 0.1) is 34.5 Å². The highest BCUT2D eigenvalue weighted by atomic mass is 16.4. The Bertz CT molecular complexity index is 595. The highest BCUT2D eigenvalue weighted by Gasteiger charge is 2.58. The third-order valence-corrected chi connectivity index (χ3v) is 7.87. The molecule has 3 rings (SSSR count). The Labute approximate surface area is 150 Å². The molecule has 0 aromatic rings. The lowest BCUT2D eigenvalue weighted by atomic mass is 9.45. The van der Waals surface area contributed by atoms with Crippen LogP contribution in [0.4, 0.5) is 0 Å². The Balaban J connectivity index is 1.85. The topological polar surface area (TPSA) is 74.6 Å². The first-order valence-corrected chi connectivity index (χ1v) is 9.84. The summed E-state index contributed by atoms with van der Waals surface area (Å²) in [6, 6.07) is 0. The van der Waals surface area contributed by atoms with Crippen molar-refractivity contribution in [3.63, 3.8) is 0 Å². The molecule has 0 aromatic carbocycles. The van der Waals surface area contributed by atoms with Crippen molar-refractivity contribution in [3.8, 4) is 0 Å². The van der Waals surface area contributed by atoms with Crippen LogP contribution in [0.15, 0.2) is 11.6 Å². The Kier molecular flexibility index (Phi) is 4.76. The molecule has 4 heteroatoms. The molecule has 0 bridgehead atoms. The minimum Gasteiger partial charge on any atom is -0.481 e. The van der Waals surface area contributed by atoms with Gasteiger partial charge in [0, 0.05) is 6.42 Å². The van der Waals surface area contributed by atoms with E-state index in [2.05, 4.69) is 13.0 Å². The Morgan fingerprint density at radius 3 is 2.56 bits per heavy atom. The zero-order chi connectivity index (χ0) is 18.4. The van der Waals surface area contributed by atoms with Gasteiger partial charge in [0.1, 0.15) is 0 Å². The van der Waals surface area contributed by atoms with Crippen molar-refractivity contribution in [2.24, 2.45) is 34.5 Å². The molecule has 25 heavy (non-hydrogen) atoms. The lowest BCUT2D eigenvalue weighted by Gasteiger charge is -2.58. The monoisotopic (exact) mass is 348 g/mol. The summed E-state index contributed by atoms with van der Waals surface area (Å²) in [6.07, 6.45) is 9.60. The number of hydrogen-bond acceptors (Lipinski definition) is 2. The van der Waals surface area contributed by atoms with Crippen molar-refractivity contribution in [1.29, 1.82) is 0 Å². The maximum atomic E-state index is 12.0. The molecule has 0 aliphatic heterocycles. The summed E-state index contributed by atoms with van der Waals surface area (Å²) >= 11 is 0. The summed E-state index contributed by atoms with van der Waals surface area (Å²) in [6.45, 7) is 6.34. The number of carboxylic acids is 2. The third kappa shape index (κ3) is 3.02. The smallest absolute Gasteiger partial charge is 0.309 e. The molecular weight excluding hydrogens is 316 g/mol. The predicted molar refractivity (Wildman–Crippen MR) is 96.1 cm³/mol. The van der Waals surface area contributed by atoms with Gasteiger partial charge in [0.2, 0.25) is 0 Å². The molecule has 0 radical (unpaired) electrons. The van der Waals surface area contributed by atoms with E-state index in [1.807, 2.05) is 13.8 Å². The summed E-state index contributed by atoms with van der Waals surface area (Å²) in [5.74, 6) is -0.0724. The molecule has 0 heterocycles. The van der Waals surface area contributed by atoms with Gasteiger partial charge in [-0.1, -0.05) is 31.9 Å². The molecule has 3 aliphatic rings. The first kappa shape index (κ1) is 18.5. The van der Waals surface area contributed by atoms with E-state index in [1.165, 1.54) is 5.57 Å². The molecule has 2 fully saturated rings. The Hall–Kier alpha value is -1.32. The van der Waals surface area contributed by atoms with Gasteiger partial charge in [0.25, 0.3) is 0 Å². The number of rotatable bonds is 4. The van der Waals surface area contributed by atoms with Crippen LogP contribution < -0.4 is 0 Å². The summed E-state index contributed by atoms with van der Waals surface area (Å²) in [5, 5.41) is 19.0. The van der Waals surface area contributed by atoms with Crippen LogP contribution in [-0.4, -0.2) is 22.2 Å². The van der Waals surface area contributed by atoms with Crippen molar-refractivity contribution >= 4 is 11.9 Å². The highest BCUT2D eigenvalue weighted by molar-refractivity contribution is 5.75. The van der Waals surface area contributed by atoms with Crippen LogP contribution in [0.3, 0.4) is 0 Å². The van der Waals surface area contributed by atoms with E-state index in [0.717, 1.165) is 44.9 Å². The van der Waals surface area contributed by atoms with E-state index >= 15 is 0 Å². The van der Waals surface area contributed by atoms with Crippen molar-refractivity contribution in [3.05, 3.63) is 11.6 Å². The van der Waals surface area contributed by atoms with E-state index in [9.17, 15) is 14.7 Å². The SMILES string of the molecule is CC(CC(=O)O)C1C=C2CCC3C(C)(C(=O)O)CCCC3(C)C2CC1. The fraction of sp³-hybridized carbons (Fsp3) is 0.810. The minimum absolute atomic E-state index is 0.0798. The molecule has 6 unspecified atom stereocenters. The van der Waals surface area contributed by atoms with Crippen molar-refractivity contribution in [1.82, 2.24) is 0 Å². The van der Waals surface area contributed by atoms with Crippen LogP contribution in [0.2, 0.25) is 0 Å². The molecule has 0 spiro atoms. The highest BCUT2D eigenvalue weighted by Crippen LogP contribution is 2.63. The van der Waals surface area contributed by atoms with Crippen LogP contribution >= 0.6 is 0 Å². The summed E-state index contributed by atoms with van der Waals surface area (Å²) in [5.41, 5.74) is 0.976. The third-order valence-electron chi connectivity index (χ3n) is 7.87. The fourth-order valence-electron chi connectivity index (χ4n) is 6.45. The molecule has 140 valence electrons. The second-order valence-corrected chi connectivity index (χ2v) is 9.28. The molecule has 2 N–H and O–H groups in total. The van der Waals surface area contributed by atoms with Gasteiger partial charge < -0.3 is 10.2 Å². The molecule has 0 amide bonds. The zero-order valence-electron chi connectivity index (χ0n) is 15.8. The maximum absolute atomic E-state index is 12.0. The first-order valence-electron chi connectivity index (χ1n) is 9.84. The molecule has 6 atom stereocenters. The largest absolute Gasteiger partial charge is 0.481 e. The molecule has 3 aliphatic carbocycles. The maximum Gasteiger partial charge on any atom is 0.309 e. The second-order valence-electron chi connectivity index (χ2n) is 9.28. The minimum atomic E-state index is -0.715. The average molecular weight is 348 g/mol. The molecule has 4 nitrogen and oxygen atoms in total. The van der Waals surface area contributed by atoms with Gasteiger partial charge in [-0.25, -0.2) is 0 Å². The van der Waals surface area contributed by atoms with Crippen molar-refractivity contribution in [2.45, 2.75) is 72.1 Å².